The maximum Gasteiger partial charge on any atom is 0.104 e. The highest BCUT2D eigenvalue weighted by Crippen LogP contribution is 2.38. The van der Waals surface area contributed by atoms with Crippen molar-refractivity contribution in [3.05, 3.63) is 90.6 Å². The number of hydrogen-bond donors (Lipinski definition) is 2. The quantitative estimate of drug-likeness (QED) is 0.245. The van der Waals surface area contributed by atoms with Gasteiger partial charge in [0.1, 0.15) is 11.6 Å². The molecule has 0 saturated carbocycles. The molecule has 0 aliphatic rings. The van der Waals surface area contributed by atoms with E-state index in [0.717, 1.165) is 61.0 Å². The van der Waals surface area contributed by atoms with Gasteiger partial charge in [0.15, 0.2) is 0 Å². The third kappa shape index (κ3) is 2.57. The molecule has 36 heavy (non-hydrogen) atoms. The van der Waals surface area contributed by atoms with Crippen molar-refractivity contribution in [3.8, 4) is 11.1 Å². The van der Waals surface area contributed by atoms with Crippen molar-refractivity contribution >= 4 is 65.3 Å². The van der Waals surface area contributed by atoms with Crippen LogP contribution < -0.4 is 0 Å². The van der Waals surface area contributed by atoms with Crippen LogP contribution in [-0.4, -0.2) is 24.9 Å². The van der Waals surface area contributed by atoms with Gasteiger partial charge in [0.2, 0.25) is 0 Å². The lowest BCUT2D eigenvalue weighted by molar-refractivity contribution is 1.17. The van der Waals surface area contributed by atoms with Crippen LogP contribution in [-0.2, 0) is 0 Å². The molecule has 0 unspecified atom stereocenters. The molecule has 0 amide bonds. The van der Waals surface area contributed by atoms with Crippen molar-refractivity contribution in [1.29, 1.82) is 0 Å². The highest BCUT2D eigenvalue weighted by molar-refractivity contribution is 6.24. The van der Waals surface area contributed by atoms with Gasteiger partial charge in [-0.2, -0.15) is 0 Å². The number of fused-ring (bicyclic) bond motifs is 12. The van der Waals surface area contributed by atoms with Crippen LogP contribution in [0.4, 0.5) is 0 Å². The van der Waals surface area contributed by atoms with E-state index >= 15 is 0 Å². The average molecular weight is 464 g/mol. The number of aromatic nitrogens is 5. The summed E-state index contributed by atoms with van der Waals surface area (Å²) in [6.07, 6.45) is 1.86. The Labute approximate surface area is 205 Å². The normalized spacial score (nSPS) is 12.2. The molecule has 2 N–H and O–H groups in total. The van der Waals surface area contributed by atoms with Gasteiger partial charge >= 0.3 is 0 Å². The fraction of sp³-hybridized carbons (Fsp3) is 0.0645. The highest BCUT2D eigenvalue weighted by atomic mass is 14.9. The van der Waals surface area contributed by atoms with E-state index in [0.29, 0.717) is 0 Å². The molecule has 0 aliphatic carbocycles. The van der Waals surface area contributed by atoms with E-state index < -0.39 is 0 Å². The summed E-state index contributed by atoms with van der Waals surface area (Å²) in [5.41, 5.74) is 7.49. The molecule has 0 radical (unpaired) electrons. The van der Waals surface area contributed by atoms with Crippen molar-refractivity contribution in [1.82, 2.24) is 24.9 Å². The van der Waals surface area contributed by atoms with Crippen molar-refractivity contribution in [2.75, 3.05) is 0 Å². The fourth-order valence-corrected chi connectivity index (χ4v) is 5.80. The number of nitrogens with zero attached hydrogens (tertiary/aromatic N) is 3. The molecule has 8 aromatic rings. The number of nitrogens with one attached hydrogen (secondary N) is 2. The molecule has 0 fully saturated rings. The first-order valence-corrected chi connectivity index (χ1v) is 12.1. The lowest BCUT2D eigenvalue weighted by Crippen LogP contribution is -1.87. The maximum absolute atomic E-state index is 4.79. The molecule has 5 nitrogen and oxygen atoms in total. The Hall–Kier alpha value is -4.77. The Bertz CT molecular complexity index is 2020. The second-order valence-electron chi connectivity index (χ2n) is 9.56. The molecule has 3 heterocycles. The Kier molecular flexibility index (Phi) is 3.74. The molecule has 0 bridgehead atoms. The van der Waals surface area contributed by atoms with Crippen LogP contribution in [0, 0.1) is 13.8 Å². The zero-order valence-corrected chi connectivity index (χ0v) is 19.8. The van der Waals surface area contributed by atoms with E-state index in [4.69, 9.17) is 15.0 Å². The van der Waals surface area contributed by atoms with Crippen molar-refractivity contribution < 1.29 is 0 Å². The minimum absolute atomic E-state index is 0.911. The summed E-state index contributed by atoms with van der Waals surface area (Å²) in [7, 11) is 0. The summed E-state index contributed by atoms with van der Waals surface area (Å²) >= 11 is 0. The van der Waals surface area contributed by atoms with E-state index in [2.05, 4.69) is 76.7 Å². The summed E-state index contributed by atoms with van der Waals surface area (Å²) in [5.74, 6) is 1.84. The average Bonchev–Trinajstić information content (AvgIpc) is 3.51. The van der Waals surface area contributed by atoms with Crippen LogP contribution in [0.25, 0.3) is 76.4 Å². The van der Waals surface area contributed by atoms with E-state index in [1.54, 1.807) is 0 Å². The number of hydrogen-bond acceptors (Lipinski definition) is 3. The summed E-state index contributed by atoms with van der Waals surface area (Å²) in [6.45, 7) is 4.01. The van der Waals surface area contributed by atoms with Gasteiger partial charge in [0, 0.05) is 33.1 Å². The molecular weight excluding hydrogens is 442 g/mol. The molecule has 3 aromatic heterocycles. The number of benzene rings is 5. The van der Waals surface area contributed by atoms with E-state index in [9.17, 15) is 0 Å². The van der Waals surface area contributed by atoms with Gasteiger partial charge in [0.25, 0.3) is 0 Å². The van der Waals surface area contributed by atoms with Crippen LogP contribution in [0.3, 0.4) is 0 Å². The minimum Gasteiger partial charge on any atom is -0.342 e. The Balaban J connectivity index is 1.45. The number of imidazole rings is 2. The zero-order chi connectivity index (χ0) is 24.0. The fourth-order valence-electron chi connectivity index (χ4n) is 5.80. The number of aromatic amines is 2. The van der Waals surface area contributed by atoms with E-state index in [-0.39, 0.29) is 0 Å². The summed E-state index contributed by atoms with van der Waals surface area (Å²) < 4.78 is 0. The third-order valence-electron chi connectivity index (χ3n) is 7.35. The van der Waals surface area contributed by atoms with E-state index in [1.165, 1.54) is 27.1 Å². The first-order valence-electron chi connectivity index (χ1n) is 12.1. The number of H-pyrrole nitrogens is 2. The van der Waals surface area contributed by atoms with Gasteiger partial charge in [-0.05, 0) is 60.0 Å². The maximum atomic E-state index is 4.79. The van der Waals surface area contributed by atoms with Gasteiger partial charge in [-0.1, -0.05) is 48.5 Å². The smallest absolute Gasteiger partial charge is 0.104 e. The highest BCUT2D eigenvalue weighted by Gasteiger charge is 2.15. The third-order valence-corrected chi connectivity index (χ3v) is 7.35. The van der Waals surface area contributed by atoms with Crippen LogP contribution in [0.5, 0.6) is 0 Å². The summed E-state index contributed by atoms with van der Waals surface area (Å²) in [5, 5.41) is 8.15. The van der Waals surface area contributed by atoms with Crippen LogP contribution in [0.15, 0.2) is 79.0 Å². The second-order valence-corrected chi connectivity index (χ2v) is 9.56. The van der Waals surface area contributed by atoms with E-state index in [1.807, 2.05) is 26.1 Å². The standard InChI is InChI=1S/C31H21N5/c1-16-33-28-21-7-4-3-6-20(21)25-14-18(9-11-22(25)29(28)34-16)19-10-12-23-26(15-19)27-24(8-5-13-32-27)31-30(23)35-17(2)36-31/h3-15H,1-2H3,(H,33,34)(H,35,36). The lowest BCUT2D eigenvalue weighted by atomic mass is 9.94. The molecule has 0 aliphatic heterocycles. The molecule has 0 saturated heterocycles. The SMILES string of the molecule is Cc1nc2c3ccccc3c3cc(-c4ccc5c(c4)c4ncccc4c4nc(C)[nH]c54)ccc3c2[nH]1. The zero-order valence-electron chi connectivity index (χ0n) is 19.8. The largest absolute Gasteiger partial charge is 0.342 e. The molecular formula is C31H21N5. The first-order chi connectivity index (χ1) is 17.7. The number of aryl methyl sites for hydroxylation is 2. The Morgan fingerprint density at radius 1 is 0.500 bits per heavy atom. The van der Waals surface area contributed by atoms with Gasteiger partial charge < -0.3 is 9.97 Å². The second kappa shape index (κ2) is 6.89. The number of pyridine rings is 1. The van der Waals surface area contributed by atoms with Crippen LogP contribution in [0.1, 0.15) is 11.6 Å². The topological polar surface area (TPSA) is 70.2 Å². The van der Waals surface area contributed by atoms with Gasteiger partial charge in [-0.25, -0.2) is 9.97 Å². The minimum atomic E-state index is 0.911. The Morgan fingerprint density at radius 2 is 1.08 bits per heavy atom. The van der Waals surface area contributed by atoms with Gasteiger partial charge in [0.05, 0.1) is 27.6 Å². The molecule has 5 heteroatoms. The number of rotatable bonds is 1. The predicted molar refractivity (Wildman–Crippen MR) is 148 cm³/mol. The van der Waals surface area contributed by atoms with Crippen molar-refractivity contribution in [2.45, 2.75) is 13.8 Å². The lowest BCUT2D eigenvalue weighted by Gasteiger charge is -2.11. The Morgan fingerprint density at radius 3 is 1.81 bits per heavy atom. The molecule has 170 valence electrons. The summed E-state index contributed by atoms with van der Waals surface area (Å²) in [4.78, 5) is 21.3. The van der Waals surface area contributed by atoms with Crippen LogP contribution in [0.2, 0.25) is 0 Å². The molecule has 0 spiro atoms. The molecule has 8 rings (SSSR count). The summed E-state index contributed by atoms with van der Waals surface area (Å²) in [6, 6.07) is 26.0. The van der Waals surface area contributed by atoms with Crippen molar-refractivity contribution in [2.24, 2.45) is 0 Å². The monoisotopic (exact) mass is 463 g/mol. The predicted octanol–water partition coefficient (Wildman–Crippen LogP) is 7.73. The van der Waals surface area contributed by atoms with Gasteiger partial charge in [-0.3, -0.25) is 4.98 Å². The van der Waals surface area contributed by atoms with Crippen LogP contribution >= 0.6 is 0 Å². The molecule has 0 atom stereocenters. The molecule has 5 aromatic carbocycles. The van der Waals surface area contributed by atoms with Gasteiger partial charge in [-0.15, -0.1) is 0 Å². The van der Waals surface area contributed by atoms with Crippen molar-refractivity contribution in [3.63, 3.8) is 0 Å². The first kappa shape index (κ1) is 19.5.